The highest BCUT2D eigenvalue weighted by molar-refractivity contribution is 5.49. The summed E-state index contributed by atoms with van der Waals surface area (Å²) < 4.78 is 5.74. The van der Waals surface area contributed by atoms with Gasteiger partial charge in [0.1, 0.15) is 5.82 Å². The van der Waals surface area contributed by atoms with Gasteiger partial charge >= 0.3 is 0 Å². The van der Waals surface area contributed by atoms with Gasteiger partial charge in [0.25, 0.3) is 0 Å². The van der Waals surface area contributed by atoms with Crippen molar-refractivity contribution in [3.05, 3.63) is 17.7 Å². The summed E-state index contributed by atoms with van der Waals surface area (Å²) in [4.78, 5) is 11.7. The second-order valence-corrected chi connectivity index (χ2v) is 5.98. The van der Waals surface area contributed by atoms with E-state index in [-0.39, 0.29) is 6.10 Å². The Balaban J connectivity index is 2.26. The smallest absolute Gasteiger partial charge is 0.131 e. The highest BCUT2D eigenvalue weighted by Crippen LogP contribution is 2.22. The molecule has 0 spiro atoms. The third-order valence-corrected chi connectivity index (χ3v) is 3.72. The van der Waals surface area contributed by atoms with Gasteiger partial charge in [-0.15, -0.1) is 0 Å². The molecule has 0 aliphatic carbocycles. The molecule has 5 heteroatoms. The van der Waals surface area contributed by atoms with E-state index in [1.807, 2.05) is 6.20 Å². The number of nitrogens with one attached hydrogen (secondary N) is 1. The Morgan fingerprint density at radius 1 is 1.48 bits per heavy atom. The van der Waals surface area contributed by atoms with Gasteiger partial charge in [-0.1, -0.05) is 20.8 Å². The van der Waals surface area contributed by atoms with E-state index in [2.05, 4.69) is 42.9 Å². The minimum absolute atomic E-state index is 0.254. The van der Waals surface area contributed by atoms with Gasteiger partial charge in [-0.25, -0.2) is 9.97 Å². The maximum absolute atomic E-state index is 5.74. The van der Waals surface area contributed by atoms with Crippen molar-refractivity contribution in [3.63, 3.8) is 0 Å². The first-order valence-corrected chi connectivity index (χ1v) is 8.04. The monoisotopic (exact) mass is 292 g/mol. The lowest BCUT2D eigenvalue weighted by atomic mass is 10.2. The zero-order valence-electron chi connectivity index (χ0n) is 13.7. The summed E-state index contributed by atoms with van der Waals surface area (Å²) in [6.45, 7) is 13.0. The first-order valence-electron chi connectivity index (χ1n) is 8.04. The van der Waals surface area contributed by atoms with Gasteiger partial charge in [-0.05, 0) is 19.9 Å². The Kier molecular flexibility index (Phi) is 5.94. The van der Waals surface area contributed by atoms with Gasteiger partial charge in [0, 0.05) is 32.2 Å². The maximum Gasteiger partial charge on any atom is 0.131 e. The number of aromatic nitrogens is 2. The van der Waals surface area contributed by atoms with Gasteiger partial charge in [0.15, 0.2) is 0 Å². The van der Waals surface area contributed by atoms with E-state index in [0.29, 0.717) is 5.92 Å². The molecule has 1 aromatic heterocycles. The third-order valence-electron chi connectivity index (χ3n) is 3.72. The van der Waals surface area contributed by atoms with Gasteiger partial charge in [0.05, 0.1) is 23.7 Å². The lowest BCUT2D eigenvalue weighted by Crippen LogP contribution is -2.32. The molecule has 0 aromatic carbocycles. The molecule has 118 valence electrons. The fraction of sp³-hybridized carbons (Fsp3) is 0.750. The summed E-state index contributed by atoms with van der Waals surface area (Å²) in [7, 11) is 0. The number of ether oxygens (including phenoxy) is 1. The number of hydrogen-bond acceptors (Lipinski definition) is 5. The molecule has 0 bridgehead atoms. The molecule has 2 rings (SSSR count). The normalized spacial score (nSPS) is 19.9. The van der Waals surface area contributed by atoms with Crippen LogP contribution in [0.1, 0.15) is 51.6 Å². The summed E-state index contributed by atoms with van der Waals surface area (Å²) in [6, 6.07) is 0. The van der Waals surface area contributed by atoms with Crippen LogP contribution in [0.15, 0.2) is 6.20 Å². The Morgan fingerprint density at radius 3 is 3.00 bits per heavy atom. The predicted octanol–water partition coefficient (Wildman–Crippen LogP) is 2.32. The van der Waals surface area contributed by atoms with E-state index in [4.69, 9.17) is 9.72 Å². The lowest BCUT2D eigenvalue weighted by Gasteiger charge is -2.26. The predicted molar refractivity (Wildman–Crippen MR) is 85.7 cm³/mol. The van der Waals surface area contributed by atoms with E-state index in [0.717, 1.165) is 56.4 Å². The van der Waals surface area contributed by atoms with Crippen molar-refractivity contribution in [3.8, 4) is 0 Å². The molecule has 1 atom stereocenters. The average molecular weight is 292 g/mol. The van der Waals surface area contributed by atoms with Crippen molar-refractivity contribution in [1.29, 1.82) is 0 Å². The van der Waals surface area contributed by atoms with E-state index < -0.39 is 0 Å². The van der Waals surface area contributed by atoms with Crippen molar-refractivity contribution in [2.45, 2.75) is 52.7 Å². The molecular weight excluding hydrogens is 264 g/mol. The van der Waals surface area contributed by atoms with Gasteiger partial charge in [-0.2, -0.15) is 0 Å². The molecule has 1 unspecified atom stereocenters. The molecule has 1 aliphatic rings. The summed E-state index contributed by atoms with van der Waals surface area (Å²) in [6.07, 6.45) is 3.30. The molecule has 1 aliphatic heterocycles. The van der Waals surface area contributed by atoms with Gasteiger partial charge in [0.2, 0.25) is 0 Å². The van der Waals surface area contributed by atoms with Crippen molar-refractivity contribution in [2.24, 2.45) is 0 Å². The molecule has 1 aromatic rings. The topological polar surface area (TPSA) is 50.3 Å². The fourth-order valence-corrected chi connectivity index (χ4v) is 2.56. The van der Waals surface area contributed by atoms with Crippen LogP contribution in [0, 0.1) is 0 Å². The van der Waals surface area contributed by atoms with Crippen LogP contribution >= 0.6 is 0 Å². The van der Waals surface area contributed by atoms with Crippen molar-refractivity contribution >= 4 is 5.69 Å². The summed E-state index contributed by atoms with van der Waals surface area (Å²) in [5.74, 6) is 1.27. The first kappa shape index (κ1) is 16.2. The molecule has 1 saturated heterocycles. The van der Waals surface area contributed by atoms with Crippen LogP contribution in [-0.2, 0) is 11.3 Å². The first-order chi connectivity index (χ1) is 10.1. The number of rotatable bonds is 5. The quantitative estimate of drug-likeness (QED) is 0.902. The Labute approximate surface area is 128 Å². The molecule has 1 N–H and O–H groups in total. The van der Waals surface area contributed by atoms with Crippen molar-refractivity contribution in [2.75, 3.05) is 31.1 Å². The Morgan fingerprint density at radius 2 is 2.29 bits per heavy atom. The molecule has 0 saturated carbocycles. The van der Waals surface area contributed by atoms with Gasteiger partial charge in [-0.3, -0.25) is 0 Å². The Bertz CT molecular complexity index is 450. The largest absolute Gasteiger partial charge is 0.377 e. The maximum atomic E-state index is 5.74. The minimum Gasteiger partial charge on any atom is -0.377 e. The summed E-state index contributed by atoms with van der Waals surface area (Å²) in [5, 5.41) is 3.39. The van der Waals surface area contributed by atoms with E-state index in [1.54, 1.807) is 0 Å². The zero-order valence-corrected chi connectivity index (χ0v) is 13.7. The second kappa shape index (κ2) is 7.71. The van der Waals surface area contributed by atoms with E-state index in [1.165, 1.54) is 0 Å². The molecule has 5 nitrogen and oxygen atoms in total. The van der Waals surface area contributed by atoms with Crippen LogP contribution in [0.5, 0.6) is 0 Å². The van der Waals surface area contributed by atoms with Crippen molar-refractivity contribution in [1.82, 2.24) is 15.3 Å². The Hall–Kier alpha value is -1.20. The fourth-order valence-electron chi connectivity index (χ4n) is 2.56. The molecule has 1 fully saturated rings. The van der Waals surface area contributed by atoms with E-state index >= 15 is 0 Å². The number of anilines is 1. The highest BCUT2D eigenvalue weighted by atomic mass is 16.5. The molecule has 0 amide bonds. The van der Waals surface area contributed by atoms with Crippen molar-refractivity contribution < 1.29 is 4.74 Å². The third kappa shape index (κ3) is 4.38. The molecule has 2 heterocycles. The lowest BCUT2D eigenvalue weighted by molar-refractivity contribution is 0.0820. The summed E-state index contributed by atoms with van der Waals surface area (Å²) >= 11 is 0. The number of hydrogen-bond donors (Lipinski definition) is 1. The van der Waals surface area contributed by atoms with Crippen LogP contribution < -0.4 is 10.2 Å². The van der Waals surface area contributed by atoms with Gasteiger partial charge < -0.3 is 15.0 Å². The zero-order chi connectivity index (χ0) is 15.2. The summed E-state index contributed by atoms with van der Waals surface area (Å²) in [5.41, 5.74) is 2.25. The molecular formula is C16H28N4O. The van der Waals surface area contributed by atoms with Crippen LogP contribution in [0.4, 0.5) is 5.69 Å². The standard InChI is InChI=1S/C16H28N4O/c1-5-17-9-14-15(10-18-16(19-14)12(2)3)20-7-6-8-21-13(4)11-20/h10,12-13,17H,5-9,11H2,1-4H3. The average Bonchev–Trinajstić information content (AvgIpc) is 2.69. The van der Waals surface area contributed by atoms with E-state index in [9.17, 15) is 0 Å². The SMILES string of the molecule is CCNCc1nc(C(C)C)ncc1N1CCCOC(C)C1. The highest BCUT2D eigenvalue weighted by Gasteiger charge is 2.19. The second-order valence-electron chi connectivity index (χ2n) is 5.98. The molecule has 0 radical (unpaired) electrons. The van der Waals surface area contributed by atoms with Crippen LogP contribution in [0.2, 0.25) is 0 Å². The number of nitrogens with zero attached hydrogens (tertiary/aromatic N) is 3. The molecule has 21 heavy (non-hydrogen) atoms. The van der Waals surface area contributed by atoms with Crippen LogP contribution in [0.3, 0.4) is 0 Å². The van der Waals surface area contributed by atoms with Crippen LogP contribution in [-0.4, -0.2) is 42.3 Å². The van der Waals surface area contributed by atoms with Crippen LogP contribution in [0.25, 0.3) is 0 Å². The minimum atomic E-state index is 0.254.